The fourth-order valence-electron chi connectivity index (χ4n) is 6.53. The van der Waals surface area contributed by atoms with Gasteiger partial charge in [-0.05, 0) is 72.5 Å². The van der Waals surface area contributed by atoms with Gasteiger partial charge in [0.1, 0.15) is 0 Å². The van der Waals surface area contributed by atoms with Gasteiger partial charge in [0.2, 0.25) is 0 Å². The summed E-state index contributed by atoms with van der Waals surface area (Å²) in [5, 5.41) is 0. The molecule has 2 rings (SSSR count). The maximum Gasteiger partial charge on any atom is -0.0267 e. The van der Waals surface area contributed by atoms with Crippen LogP contribution < -0.4 is 0 Å². The van der Waals surface area contributed by atoms with Crippen LogP contribution in [0.25, 0.3) is 0 Å². The van der Waals surface area contributed by atoms with Gasteiger partial charge in [-0.25, -0.2) is 0 Å². The van der Waals surface area contributed by atoms with Crippen molar-refractivity contribution in [1.29, 1.82) is 0 Å². The third-order valence-electron chi connectivity index (χ3n) is 8.07. The van der Waals surface area contributed by atoms with Crippen LogP contribution in [0.5, 0.6) is 0 Å². The van der Waals surface area contributed by atoms with Crippen molar-refractivity contribution in [3.8, 4) is 0 Å². The van der Waals surface area contributed by atoms with E-state index in [0.29, 0.717) is 10.8 Å². The molecule has 0 N–H and O–H groups in total. The molecule has 2 aliphatic rings. The number of hydrogen-bond acceptors (Lipinski definition) is 0. The Bertz CT molecular complexity index is 342. The van der Waals surface area contributed by atoms with E-state index in [-0.39, 0.29) is 0 Å². The smallest absolute Gasteiger partial charge is 0.0267 e. The van der Waals surface area contributed by atoms with Crippen LogP contribution in [0.2, 0.25) is 0 Å². The molecule has 0 aromatic heterocycles. The van der Waals surface area contributed by atoms with Crippen LogP contribution >= 0.6 is 0 Å². The quantitative estimate of drug-likeness (QED) is 0.465. The summed E-state index contributed by atoms with van der Waals surface area (Å²) < 4.78 is 0. The van der Waals surface area contributed by atoms with Crippen molar-refractivity contribution < 1.29 is 0 Å². The molecular weight excluding hydrogens is 276 g/mol. The van der Waals surface area contributed by atoms with E-state index in [1.54, 1.807) is 0 Å². The molecule has 0 spiro atoms. The maximum absolute atomic E-state index is 2.62. The van der Waals surface area contributed by atoms with Crippen molar-refractivity contribution in [2.24, 2.45) is 40.4 Å². The molecule has 0 amide bonds. The van der Waals surface area contributed by atoms with Gasteiger partial charge in [-0.2, -0.15) is 0 Å². The molecule has 6 atom stereocenters. The zero-order valence-electron chi connectivity index (χ0n) is 17.8. The summed E-state index contributed by atoms with van der Waals surface area (Å²) >= 11 is 0. The van der Waals surface area contributed by atoms with Crippen LogP contribution in [0.3, 0.4) is 0 Å². The standard InChI is InChI=1S/C21H40.C2H6/c1-8-17-12-13-20(17,6)14-16(5)19-11-10-18(15(3)4)21(19,7)9-2;1-2/h15-19H,8-14H2,1-7H3;1-2H3. The van der Waals surface area contributed by atoms with Gasteiger partial charge in [-0.1, -0.05) is 75.2 Å². The molecule has 0 aliphatic heterocycles. The number of rotatable bonds is 6. The lowest BCUT2D eigenvalue weighted by Crippen LogP contribution is -2.41. The largest absolute Gasteiger partial charge is 0.0683 e. The topological polar surface area (TPSA) is 0 Å². The molecule has 2 fully saturated rings. The first-order valence-corrected chi connectivity index (χ1v) is 10.8. The molecule has 6 unspecified atom stereocenters. The van der Waals surface area contributed by atoms with Gasteiger partial charge in [0.15, 0.2) is 0 Å². The summed E-state index contributed by atoms with van der Waals surface area (Å²) in [7, 11) is 0. The summed E-state index contributed by atoms with van der Waals surface area (Å²) in [6.07, 6.45) is 10.2. The summed E-state index contributed by atoms with van der Waals surface area (Å²) in [6.45, 7) is 21.5. The highest BCUT2D eigenvalue weighted by atomic mass is 14.6. The molecule has 0 bridgehead atoms. The zero-order chi connectivity index (χ0) is 17.8. The highest BCUT2D eigenvalue weighted by Crippen LogP contribution is 2.59. The highest BCUT2D eigenvalue weighted by molar-refractivity contribution is 5.00. The van der Waals surface area contributed by atoms with Crippen LogP contribution in [0.4, 0.5) is 0 Å². The maximum atomic E-state index is 2.62. The van der Waals surface area contributed by atoms with E-state index in [9.17, 15) is 0 Å². The van der Waals surface area contributed by atoms with Gasteiger partial charge < -0.3 is 0 Å². The molecule has 0 nitrogen and oxygen atoms in total. The van der Waals surface area contributed by atoms with Crippen molar-refractivity contribution in [2.75, 3.05) is 0 Å². The lowest BCUT2D eigenvalue weighted by Gasteiger charge is -2.51. The lowest BCUT2D eigenvalue weighted by atomic mass is 9.54. The molecule has 0 aromatic rings. The molecule has 0 radical (unpaired) electrons. The molecular formula is C23H46. The minimum absolute atomic E-state index is 0.593. The van der Waals surface area contributed by atoms with E-state index in [1.165, 1.54) is 44.9 Å². The molecule has 23 heavy (non-hydrogen) atoms. The van der Waals surface area contributed by atoms with E-state index in [1.807, 2.05) is 13.8 Å². The Hall–Kier alpha value is 0. The second kappa shape index (κ2) is 8.39. The molecule has 0 saturated heterocycles. The number of hydrogen-bond donors (Lipinski definition) is 0. The van der Waals surface area contributed by atoms with Crippen LogP contribution in [0, 0.1) is 40.4 Å². The van der Waals surface area contributed by atoms with Crippen molar-refractivity contribution in [1.82, 2.24) is 0 Å². The molecule has 138 valence electrons. The van der Waals surface area contributed by atoms with E-state index in [2.05, 4.69) is 48.5 Å². The second-order valence-corrected chi connectivity index (χ2v) is 9.37. The fraction of sp³-hybridized carbons (Fsp3) is 1.00. The first kappa shape index (κ1) is 21.0. The first-order chi connectivity index (χ1) is 10.8. The molecule has 0 heterocycles. The minimum Gasteiger partial charge on any atom is -0.0683 e. The van der Waals surface area contributed by atoms with Crippen molar-refractivity contribution in [3.63, 3.8) is 0 Å². The van der Waals surface area contributed by atoms with E-state index >= 15 is 0 Å². The Kier molecular flexibility index (Phi) is 7.68. The van der Waals surface area contributed by atoms with Gasteiger partial charge in [0.25, 0.3) is 0 Å². The molecule has 0 aromatic carbocycles. The molecule has 2 aliphatic carbocycles. The zero-order valence-corrected chi connectivity index (χ0v) is 17.8. The van der Waals surface area contributed by atoms with Crippen LogP contribution in [-0.2, 0) is 0 Å². The third-order valence-corrected chi connectivity index (χ3v) is 8.07. The van der Waals surface area contributed by atoms with Gasteiger partial charge >= 0.3 is 0 Å². The predicted molar refractivity (Wildman–Crippen MR) is 106 cm³/mol. The summed E-state index contributed by atoms with van der Waals surface area (Å²) in [5.41, 5.74) is 1.26. The molecule has 2 saturated carbocycles. The monoisotopic (exact) mass is 322 g/mol. The predicted octanol–water partition coefficient (Wildman–Crippen LogP) is 7.96. The van der Waals surface area contributed by atoms with E-state index in [4.69, 9.17) is 0 Å². The Balaban J connectivity index is 0.00000127. The van der Waals surface area contributed by atoms with Crippen molar-refractivity contribution >= 4 is 0 Å². The van der Waals surface area contributed by atoms with Crippen molar-refractivity contribution in [3.05, 3.63) is 0 Å². The van der Waals surface area contributed by atoms with Crippen molar-refractivity contribution in [2.45, 2.75) is 107 Å². The van der Waals surface area contributed by atoms with Gasteiger partial charge in [0.05, 0.1) is 0 Å². The van der Waals surface area contributed by atoms with Crippen LogP contribution in [-0.4, -0.2) is 0 Å². The van der Waals surface area contributed by atoms with Gasteiger partial charge in [-0.3, -0.25) is 0 Å². The fourth-order valence-corrected chi connectivity index (χ4v) is 6.53. The van der Waals surface area contributed by atoms with Gasteiger partial charge in [-0.15, -0.1) is 0 Å². The minimum atomic E-state index is 0.593. The average molecular weight is 323 g/mol. The van der Waals surface area contributed by atoms with Crippen LogP contribution in [0.15, 0.2) is 0 Å². The highest BCUT2D eigenvalue weighted by Gasteiger charge is 2.50. The molecule has 0 heteroatoms. The third kappa shape index (κ3) is 3.98. The van der Waals surface area contributed by atoms with Crippen LogP contribution in [0.1, 0.15) is 107 Å². The first-order valence-electron chi connectivity index (χ1n) is 10.8. The SMILES string of the molecule is CC.CCC1CCC1(C)CC(C)C1CCC(C(C)C)C1(C)CC. The Labute approximate surface area is 148 Å². The summed E-state index contributed by atoms with van der Waals surface area (Å²) in [4.78, 5) is 0. The Morgan fingerprint density at radius 2 is 1.48 bits per heavy atom. The Morgan fingerprint density at radius 1 is 0.913 bits per heavy atom. The van der Waals surface area contributed by atoms with Gasteiger partial charge in [0, 0.05) is 0 Å². The van der Waals surface area contributed by atoms with E-state index < -0.39 is 0 Å². The normalized spacial score (nSPS) is 41.2. The summed E-state index contributed by atoms with van der Waals surface area (Å²) in [5.74, 6) is 4.69. The summed E-state index contributed by atoms with van der Waals surface area (Å²) in [6, 6.07) is 0. The lowest BCUT2D eigenvalue weighted by molar-refractivity contribution is -0.00702. The average Bonchev–Trinajstić information content (AvgIpc) is 2.87. The van der Waals surface area contributed by atoms with E-state index in [0.717, 1.165) is 29.6 Å². The second-order valence-electron chi connectivity index (χ2n) is 9.37. The Morgan fingerprint density at radius 3 is 1.87 bits per heavy atom.